The fraction of sp³-hybridized carbons (Fsp3) is 0.643. The van der Waals surface area contributed by atoms with Gasteiger partial charge in [-0.2, -0.15) is 0 Å². The van der Waals surface area contributed by atoms with E-state index in [0.717, 1.165) is 24.8 Å². The van der Waals surface area contributed by atoms with Crippen LogP contribution in [-0.4, -0.2) is 13.1 Å². The molecule has 0 N–H and O–H groups in total. The summed E-state index contributed by atoms with van der Waals surface area (Å²) in [6, 6.07) is 0. The highest BCUT2D eigenvalue weighted by atomic mass is 16.5. The number of allylic oxidation sites excluding steroid dienone is 3. The number of hydrogen-bond donors (Lipinski definition) is 0. The number of ether oxygens (including phenoxy) is 1. The summed E-state index contributed by atoms with van der Waals surface area (Å²) in [4.78, 5) is 11.0. The van der Waals surface area contributed by atoms with Crippen LogP contribution < -0.4 is 0 Å². The highest BCUT2D eigenvalue weighted by molar-refractivity contribution is 5.82. The molecule has 0 amide bonds. The van der Waals surface area contributed by atoms with Crippen LogP contribution in [0.3, 0.4) is 0 Å². The van der Waals surface area contributed by atoms with E-state index in [9.17, 15) is 4.79 Å². The van der Waals surface area contributed by atoms with Crippen molar-refractivity contribution in [2.75, 3.05) is 7.11 Å². The van der Waals surface area contributed by atoms with Crippen molar-refractivity contribution in [2.24, 2.45) is 5.92 Å². The highest BCUT2D eigenvalue weighted by Gasteiger charge is 2.04. The lowest BCUT2D eigenvalue weighted by Crippen LogP contribution is -1.99. The third-order valence-corrected chi connectivity index (χ3v) is 2.45. The lowest BCUT2D eigenvalue weighted by Gasteiger charge is -2.10. The molecule has 0 saturated heterocycles. The molecule has 0 bridgehead atoms. The average Bonchev–Trinajstić information content (AvgIpc) is 2.16. The Balaban J connectivity index is 3.95. The van der Waals surface area contributed by atoms with E-state index >= 15 is 0 Å². The maximum atomic E-state index is 11.0. The molecule has 1 unspecified atom stereocenters. The third kappa shape index (κ3) is 8.27. The van der Waals surface area contributed by atoms with Crippen LogP contribution in [0.2, 0.25) is 0 Å². The maximum Gasteiger partial charge on any atom is 0.330 e. The van der Waals surface area contributed by atoms with Crippen molar-refractivity contribution in [3.05, 3.63) is 23.3 Å². The molecule has 2 nitrogen and oxygen atoms in total. The Bertz CT molecular complexity index is 270. The first-order valence-electron chi connectivity index (χ1n) is 5.84. The number of carbonyl (C=O) groups excluding carboxylic acids is 1. The molecule has 0 saturated carbocycles. The Morgan fingerprint density at radius 1 is 1.31 bits per heavy atom. The summed E-state index contributed by atoms with van der Waals surface area (Å²) >= 11 is 0. The third-order valence-electron chi connectivity index (χ3n) is 2.45. The van der Waals surface area contributed by atoms with Crippen molar-refractivity contribution < 1.29 is 9.53 Å². The van der Waals surface area contributed by atoms with Gasteiger partial charge in [-0.1, -0.05) is 24.1 Å². The minimum atomic E-state index is -0.256. The molecule has 0 aromatic carbocycles. The molecule has 0 radical (unpaired) electrons. The zero-order valence-electron chi connectivity index (χ0n) is 11.2. The van der Waals surface area contributed by atoms with E-state index in [2.05, 4.69) is 31.6 Å². The minimum absolute atomic E-state index is 0.256. The molecule has 1 atom stereocenters. The normalized spacial score (nSPS) is 13.2. The fourth-order valence-corrected chi connectivity index (χ4v) is 1.63. The molecule has 0 spiro atoms. The Morgan fingerprint density at radius 2 is 1.94 bits per heavy atom. The van der Waals surface area contributed by atoms with Crippen molar-refractivity contribution >= 4 is 5.97 Å². The van der Waals surface area contributed by atoms with Gasteiger partial charge in [-0.3, -0.25) is 0 Å². The van der Waals surface area contributed by atoms with Crippen molar-refractivity contribution in [1.82, 2.24) is 0 Å². The van der Waals surface area contributed by atoms with E-state index in [0.29, 0.717) is 5.92 Å². The molecule has 16 heavy (non-hydrogen) atoms. The van der Waals surface area contributed by atoms with Gasteiger partial charge in [0, 0.05) is 6.08 Å². The van der Waals surface area contributed by atoms with Gasteiger partial charge in [-0.05, 0) is 46.0 Å². The van der Waals surface area contributed by atoms with Gasteiger partial charge in [-0.25, -0.2) is 4.79 Å². The zero-order chi connectivity index (χ0) is 12.6. The van der Waals surface area contributed by atoms with Crippen LogP contribution in [-0.2, 0) is 9.53 Å². The van der Waals surface area contributed by atoms with E-state index in [1.807, 2.05) is 6.92 Å². The summed E-state index contributed by atoms with van der Waals surface area (Å²) in [5, 5.41) is 0. The summed E-state index contributed by atoms with van der Waals surface area (Å²) in [6.45, 7) is 8.43. The number of methoxy groups -OCH3 is 1. The largest absolute Gasteiger partial charge is 0.466 e. The van der Waals surface area contributed by atoms with E-state index in [4.69, 9.17) is 0 Å². The van der Waals surface area contributed by atoms with Crippen LogP contribution in [0.1, 0.15) is 47.0 Å². The molecule has 0 heterocycles. The Morgan fingerprint density at radius 3 is 2.44 bits per heavy atom. The maximum absolute atomic E-state index is 11.0. The lowest BCUT2D eigenvalue weighted by atomic mass is 9.96. The van der Waals surface area contributed by atoms with Crippen molar-refractivity contribution in [3.63, 3.8) is 0 Å². The standard InChI is InChI=1S/C14H24O2/c1-11(2)7-6-8-12(3)9-13(4)10-14(15)16-5/h7,10,12H,6,8-9H2,1-5H3/b13-10+. The highest BCUT2D eigenvalue weighted by Crippen LogP contribution is 2.17. The first-order valence-corrected chi connectivity index (χ1v) is 5.84. The summed E-state index contributed by atoms with van der Waals surface area (Å²) in [5.74, 6) is 0.352. The predicted octanol–water partition coefficient (Wildman–Crippen LogP) is 3.88. The van der Waals surface area contributed by atoms with Crippen LogP contribution in [0.5, 0.6) is 0 Å². The van der Waals surface area contributed by atoms with Crippen LogP contribution in [0.4, 0.5) is 0 Å². The average molecular weight is 224 g/mol. The Kier molecular flexibility index (Phi) is 7.61. The molecule has 0 aliphatic heterocycles. The molecule has 0 rings (SSSR count). The number of carbonyl (C=O) groups is 1. The molecule has 0 aromatic heterocycles. The number of rotatable bonds is 6. The summed E-state index contributed by atoms with van der Waals surface area (Å²) < 4.78 is 4.59. The van der Waals surface area contributed by atoms with Crippen molar-refractivity contribution in [1.29, 1.82) is 0 Å². The van der Waals surface area contributed by atoms with Crippen LogP contribution in [0, 0.1) is 5.92 Å². The van der Waals surface area contributed by atoms with Crippen molar-refractivity contribution in [3.8, 4) is 0 Å². The van der Waals surface area contributed by atoms with Gasteiger partial charge < -0.3 is 4.74 Å². The van der Waals surface area contributed by atoms with Crippen LogP contribution in [0.15, 0.2) is 23.3 Å². The minimum Gasteiger partial charge on any atom is -0.466 e. The van der Waals surface area contributed by atoms with Gasteiger partial charge in [0.1, 0.15) is 0 Å². The monoisotopic (exact) mass is 224 g/mol. The van der Waals surface area contributed by atoms with E-state index in [-0.39, 0.29) is 5.97 Å². The quantitative estimate of drug-likeness (QED) is 0.389. The molecular formula is C14H24O2. The second kappa shape index (κ2) is 8.14. The summed E-state index contributed by atoms with van der Waals surface area (Å²) in [5.41, 5.74) is 2.46. The van der Waals surface area contributed by atoms with Crippen LogP contribution >= 0.6 is 0 Å². The second-order valence-electron chi connectivity index (χ2n) is 4.68. The smallest absolute Gasteiger partial charge is 0.330 e. The van der Waals surface area contributed by atoms with Crippen LogP contribution in [0.25, 0.3) is 0 Å². The lowest BCUT2D eigenvalue weighted by molar-refractivity contribution is -0.134. The summed E-state index contributed by atoms with van der Waals surface area (Å²) in [7, 11) is 1.41. The van der Waals surface area contributed by atoms with Gasteiger partial charge in [0.15, 0.2) is 0 Å². The van der Waals surface area contributed by atoms with E-state index < -0.39 is 0 Å². The first kappa shape index (κ1) is 14.9. The SMILES string of the molecule is COC(=O)/C=C(\C)CC(C)CCC=C(C)C. The molecule has 0 aliphatic carbocycles. The number of esters is 1. The molecule has 0 aromatic rings. The fourth-order valence-electron chi connectivity index (χ4n) is 1.63. The topological polar surface area (TPSA) is 26.3 Å². The molecule has 0 aliphatic rings. The van der Waals surface area contributed by atoms with Gasteiger partial charge in [0.25, 0.3) is 0 Å². The van der Waals surface area contributed by atoms with Gasteiger partial charge in [0.2, 0.25) is 0 Å². The second-order valence-corrected chi connectivity index (χ2v) is 4.68. The Labute approximate surface area is 99.4 Å². The van der Waals surface area contributed by atoms with Gasteiger partial charge >= 0.3 is 5.97 Å². The van der Waals surface area contributed by atoms with E-state index in [1.54, 1.807) is 6.08 Å². The number of hydrogen-bond acceptors (Lipinski definition) is 2. The Hall–Kier alpha value is -1.05. The van der Waals surface area contributed by atoms with Gasteiger partial charge in [0.05, 0.1) is 7.11 Å². The van der Waals surface area contributed by atoms with Crippen molar-refractivity contribution in [2.45, 2.75) is 47.0 Å². The van der Waals surface area contributed by atoms with E-state index in [1.165, 1.54) is 12.7 Å². The molecular weight excluding hydrogens is 200 g/mol. The zero-order valence-corrected chi connectivity index (χ0v) is 11.2. The molecule has 92 valence electrons. The predicted molar refractivity (Wildman–Crippen MR) is 68.2 cm³/mol. The summed E-state index contributed by atoms with van der Waals surface area (Å²) in [6.07, 6.45) is 7.09. The van der Waals surface area contributed by atoms with Gasteiger partial charge in [-0.15, -0.1) is 0 Å². The molecule has 0 fully saturated rings. The molecule has 2 heteroatoms. The first-order chi connectivity index (χ1) is 7.45.